The Labute approximate surface area is 255 Å². The number of ether oxygens (including phenoxy) is 1. The quantitative estimate of drug-likeness (QED) is 0.162. The van der Waals surface area contributed by atoms with Gasteiger partial charge in [0, 0.05) is 0 Å². The number of nitrogens with zero attached hydrogens (tertiary/aromatic N) is 7. The zero-order chi connectivity index (χ0) is 31.8. The van der Waals surface area contributed by atoms with Gasteiger partial charge in [-0.15, -0.1) is 11.8 Å². The molecule has 7 heterocycles. The summed E-state index contributed by atoms with van der Waals surface area (Å²) in [5, 5.41) is 30.1. The molecule has 5 unspecified atom stereocenters. The van der Waals surface area contributed by atoms with Crippen LogP contribution in [-0.2, 0) is 36.8 Å². The highest BCUT2D eigenvalue weighted by Gasteiger charge is 2.55. The van der Waals surface area contributed by atoms with E-state index >= 15 is 0 Å². The average Bonchev–Trinajstić information content (AvgIpc) is 3.72. The van der Waals surface area contributed by atoms with Crippen molar-refractivity contribution in [2.75, 3.05) is 18.9 Å². The topological polar surface area (TPSA) is 312 Å². The van der Waals surface area contributed by atoms with Crippen LogP contribution in [0, 0.1) is 5.41 Å². The molecule has 0 aromatic carbocycles. The molecule has 2 aromatic heterocycles. The number of rotatable bonds is 2. The fourth-order valence-electron chi connectivity index (χ4n) is 5.40. The Balaban J connectivity index is 1.17. The number of hydrogen-bond donors (Lipinski definition) is 7. The largest absolute Gasteiger partial charge is 0.472 e. The van der Waals surface area contributed by atoms with Gasteiger partial charge in [-0.3, -0.25) is 43.2 Å². The van der Waals surface area contributed by atoms with E-state index in [1.807, 2.05) is 0 Å². The van der Waals surface area contributed by atoms with Crippen molar-refractivity contribution in [3.63, 3.8) is 0 Å². The zero-order valence-corrected chi connectivity index (χ0v) is 25.0. The van der Waals surface area contributed by atoms with Gasteiger partial charge in [-0.1, -0.05) is 0 Å². The highest BCUT2D eigenvalue weighted by atomic mass is 32.2. The average molecular weight is 690 g/mol. The summed E-state index contributed by atoms with van der Waals surface area (Å²) in [5.41, 5.74) is 6.17. The summed E-state index contributed by atoms with van der Waals surface area (Å²) in [6.07, 6.45) is -5.66. The summed E-state index contributed by atoms with van der Waals surface area (Å²) in [6, 6.07) is -1.12. The van der Waals surface area contributed by atoms with Crippen molar-refractivity contribution in [2.24, 2.45) is 9.98 Å². The van der Waals surface area contributed by atoms with Gasteiger partial charge in [0.05, 0.1) is 37.2 Å². The van der Waals surface area contributed by atoms with Gasteiger partial charge in [0.1, 0.15) is 47.5 Å². The summed E-state index contributed by atoms with van der Waals surface area (Å²) < 4.78 is 54.6. The SMILES string of the molecule is N=C1N=C2C(N=CN2[C@@H]2S[C@@H]3COP(=O)(O)OC4[C@@H](COP(=O)(O)O[C@H]2C3O)O[C@@H](n2cnc3c(N)ncnc32)[C@H]4O)C(=O)N1. The van der Waals surface area contributed by atoms with E-state index in [1.54, 1.807) is 0 Å². The maximum Gasteiger partial charge on any atom is 0.472 e. The number of hydrogen-bond acceptors (Lipinski definition) is 18. The summed E-state index contributed by atoms with van der Waals surface area (Å²) in [4.78, 5) is 55.1. The number of carbonyl (C=O) groups is 1. The Morgan fingerprint density at radius 3 is 2.58 bits per heavy atom. The molecule has 45 heavy (non-hydrogen) atoms. The number of anilines is 1. The first-order valence-electron chi connectivity index (χ1n) is 13.0. The van der Waals surface area contributed by atoms with Gasteiger partial charge in [-0.05, 0) is 0 Å². The molecule has 3 saturated heterocycles. The predicted molar refractivity (Wildman–Crippen MR) is 150 cm³/mol. The van der Waals surface area contributed by atoms with Crippen LogP contribution in [0.2, 0.25) is 0 Å². The van der Waals surface area contributed by atoms with Gasteiger partial charge < -0.3 is 35.4 Å². The number of imidazole rings is 1. The van der Waals surface area contributed by atoms with E-state index in [4.69, 9.17) is 34.0 Å². The lowest BCUT2D eigenvalue weighted by Crippen LogP contribution is -2.52. The molecule has 2 aromatic rings. The highest BCUT2D eigenvalue weighted by Crippen LogP contribution is 2.54. The third-order valence-corrected chi connectivity index (χ3v) is 10.9. The van der Waals surface area contributed by atoms with Gasteiger partial charge in [0.25, 0.3) is 5.91 Å². The molecule has 242 valence electrons. The standard InChI is InChI=1S/C20H24N10O12P2S/c21-14-8-15(24-3-23-14)29(4-25-8)18-11(32)12-6(40-18)1-38-43(34,35)42-13-10(31)7(2-39-44(36,37)41-12)45-19(13)30-5-26-9-16(30)27-20(22)28-17(9)33/h3-7,9-13,18-19,31-32H,1-2H2,(H,34,35)(H,36,37)(H2,21,23,24)(H2,22,28,33)/t6-,7-,9?,10?,11+,12?,13+,18-,19-/m1/s1. The minimum atomic E-state index is -5.05. The van der Waals surface area contributed by atoms with Gasteiger partial charge in [0.15, 0.2) is 23.7 Å². The van der Waals surface area contributed by atoms with Crippen molar-refractivity contribution in [3.8, 4) is 0 Å². The van der Waals surface area contributed by atoms with Crippen LogP contribution in [-0.4, -0.2) is 129 Å². The van der Waals surface area contributed by atoms with Crippen LogP contribution >= 0.6 is 27.4 Å². The van der Waals surface area contributed by atoms with Gasteiger partial charge in [-0.2, -0.15) is 4.99 Å². The number of amidine groups is 1. The molecule has 5 aliphatic heterocycles. The predicted octanol–water partition coefficient (Wildman–Crippen LogP) is -2.34. The Kier molecular flexibility index (Phi) is 7.58. The number of thioether (sulfide) groups is 1. The van der Waals surface area contributed by atoms with Crippen LogP contribution in [0.25, 0.3) is 11.2 Å². The van der Waals surface area contributed by atoms with Crippen LogP contribution < -0.4 is 11.1 Å². The number of fused-ring (bicyclic) bond motifs is 5. The summed E-state index contributed by atoms with van der Waals surface area (Å²) in [6.45, 7) is -1.44. The van der Waals surface area contributed by atoms with Crippen molar-refractivity contribution in [3.05, 3.63) is 12.7 Å². The second-order valence-corrected chi connectivity index (χ2v) is 14.4. The number of phosphoric acid groups is 2. The Bertz CT molecular complexity index is 1730. The molecule has 0 spiro atoms. The van der Waals surface area contributed by atoms with E-state index in [0.717, 1.165) is 18.1 Å². The molecule has 5 aliphatic rings. The van der Waals surface area contributed by atoms with E-state index in [0.29, 0.717) is 0 Å². The zero-order valence-electron chi connectivity index (χ0n) is 22.4. The molecule has 2 bridgehead atoms. The van der Waals surface area contributed by atoms with Crippen molar-refractivity contribution < 1.29 is 56.8 Å². The van der Waals surface area contributed by atoms with Crippen LogP contribution in [0.1, 0.15) is 6.23 Å². The van der Waals surface area contributed by atoms with E-state index in [1.165, 1.54) is 22.1 Å². The maximum atomic E-state index is 13.2. The number of phosphoric ester groups is 2. The summed E-state index contributed by atoms with van der Waals surface area (Å²) in [5.74, 6) is -1.06. The Morgan fingerprint density at radius 1 is 1.07 bits per heavy atom. The van der Waals surface area contributed by atoms with Crippen LogP contribution in [0.5, 0.6) is 0 Å². The number of carbonyl (C=O) groups excluding carboxylic acids is 1. The van der Waals surface area contributed by atoms with Gasteiger partial charge >= 0.3 is 15.6 Å². The molecule has 0 radical (unpaired) electrons. The lowest BCUT2D eigenvalue weighted by atomic mass is 10.1. The fourth-order valence-corrected chi connectivity index (χ4v) is 8.99. The number of nitrogen functional groups attached to an aromatic ring is 1. The fraction of sp³-hybridized carbons (Fsp3) is 0.550. The van der Waals surface area contributed by atoms with Crippen LogP contribution in [0.4, 0.5) is 5.82 Å². The van der Waals surface area contributed by atoms with E-state index in [2.05, 4.69) is 30.3 Å². The Morgan fingerprint density at radius 2 is 1.80 bits per heavy atom. The molecule has 8 N–H and O–H groups in total. The molecule has 11 atom stereocenters. The summed E-state index contributed by atoms with van der Waals surface area (Å²) in [7, 11) is -10.1. The molecular weight excluding hydrogens is 666 g/mol. The molecule has 22 nitrogen and oxygen atoms in total. The molecule has 3 fully saturated rings. The second kappa shape index (κ2) is 11.1. The molecule has 0 saturated carbocycles. The lowest BCUT2D eigenvalue weighted by molar-refractivity contribution is -0.119. The lowest BCUT2D eigenvalue weighted by Gasteiger charge is -2.31. The molecule has 1 amide bonds. The molecule has 25 heteroatoms. The van der Waals surface area contributed by atoms with Crippen molar-refractivity contribution >= 4 is 68.4 Å². The third kappa shape index (κ3) is 5.47. The third-order valence-electron chi connectivity index (χ3n) is 7.44. The van der Waals surface area contributed by atoms with Gasteiger partial charge in [-0.25, -0.2) is 24.1 Å². The van der Waals surface area contributed by atoms with E-state index in [9.17, 15) is 33.9 Å². The summed E-state index contributed by atoms with van der Waals surface area (Å²) >= 11 is 0.901. The smallest absolute Gasteiger partial charge is 0.389 e. The monoisotopic (exact) mass is 690 g/mol. The number of amides is 1. The number of aliphatic hydroxyl groups is 2. The van der Waals surface area contributed by atoms with Crippen molar-refractivity contribution in [1.82, 2.24) is 29.7 Å². The number of guanidine groups is 1. The number of aliphatic hydroxyl groups excluding tert-OH is 2. The number of nitrogens with two attached hydrogens (primary N) is 1. The first kappa shape index (κ1) is 30.7. The van der Waals surface area contributed by atoms with Crippen LogP contribution in [0.3, 0.4) is 0 Å². The van der Waals surface area contributed by atoms with Gasteiger partial charge in [0.2, 0.25) is 5.96 Å². The Hall–Kier alpha value is -2.92. The first-order chi connectivity index (χ1) is 21.3. The van der Waals surface area contributed by atoms with E-state index < -0.39 is 94.1 Å². The minimum Gasteiger partial charge on any atom is -0.389 e. The number of aliphatic imine (C=N–C) groups is 2. The second-order valence-electron chi connectivity index (χ2n) is 10.2. The highest BCUT2D eigenvalue weighted by molar-refractivity contribution is 8.01. The van der Waals surface area contributed by atoms with Crippen molar-refractivity contribution in [1.29, 1.82) is 5.41 Å². The van der Waals surface area contributed by atoms with E-state index in [-0.39, 0.29) is 22.8 Å². The molecule has 7 rings (SSSR count). The molecular formula is C20H24N10O12P2S. The molecule has 0 aliphatic carbocycles. The van der Waals surface area contributed by atoms with Crippen LogP contribution in [0.15, 0.2) is 22.6 Å². The number of nitrogens with one attached hydrogen (secondary N) is 2. The number of aromatic nitrogens is 4. The first-order valence-corrected chi connectivity index (χ1v) is 17.0. The van der Waals surface area contributed by atoms with Crippen molar-refractivity contribution in [2.45, 2.75) is 53.4 Å². The normalized spacial score (nSPS) is 42.0. The maximum absolute atomic E-state index is 13.2. The minimum absolute atomic E-state index is 0.00383.